The lowest BCUT2D eigenvalue weighted by Crippen LogP contribution is -2.53. The summed E-state index contributed by atoms with van der Waals surface area (Å²) in [6, 6.07) is -0.476. The van der Waals surface area contributed by atoms with Crippen molar-refractivity contribution < 1.29 is 14.3 Å². The maximum atomic E-state index is 12.3. The second kappa shape index (κ2) is 8.34. The molecule has 0 radical (unpaired) electrons. The molecule has 0 aromatic carbocycles. The fourth-order valence-electron chi connectivity index (χ4n) is 2.41. The Labute approximate surface area is 127 Å². The van der Waals surface area contributed by atoms with E-state index in [9.17, 15) is 9.59 Å². The molecule has 1 saturated heterocycles. The Morgan fingerprint density at radius 2 is 2.00 bits per heavy atom. The second-order valence-corrected chi connectivity index (χ2v) is 6.43. The fourth-order valence-corrected chi connectivity index (χ4v) is 2.41. The van der Waals surface area contributed by atoms with E-state index >= 15 is 0 Å². The lowest BCUT2D eigenvalue weighted by atomic mass is 10.0. The SMILES string of the molecule is CC(C)CC1COCCN1C(=O)CNC(=O)[C@@H](N)C(C)C. The van der Waals surface area contributed by atoms with E-state index in [0.29, 0.717) is 25.7 Å². The van der Waals surface area contributed by atoms with Gasteiger partial charge in [-0.1, -0.05) is 27.7 Å². The lowest BCUT2D eigenvalue weighted by molar-refractivity contribution is -0.141. The summed E-state index contributed by atoms with van der Waals surface area (Å²) in [5.74, 6) is 0.216. The molecule has 0 aromatic heterocycles. The van der Waals surface area contributed by atoms with Crippen molar-refractivity contribution in [3.63, 3.8) is 0 Å². The summed E-state index contributed by atoms with van der Waals surface area (Å²) in [5, 5.41) is 2.64. The van der Waals surface area contributed by atoms with Crippen molar-refractivity contribution in [2.75, 3.05) is 26.3 Å². The van der Waals surface area contributed by atoms with Crippen LogP contribution in [0.5, 0.6) is 0 Å². The van der Waals surface area contributed by atoms with Crippen molar-refractivity contribution in [1.29, 1.82) is 0 Å². The molecule has 1 fully saturated rings. The Hall–Kier alpha value is -1.14. The lowest BCUT2D eigenvalue weighted by Gasteiger charge is -2.36. The summed E-state index contributed by atoms with van der Waals surface area (Å²) in [7, 11) is 0. The van der Waals surface area contributed by atoms with E-state index in [1.165, 1.54) is 0 Å². The number of amides is 2. The summed E-state index contributed by atoms with van der Waals surface area (Å²) in [6.45, 7) is 9.74. The van der Waals surface area contributed by atoms with Gasteiger partial charge in [-0.3, -0.25) is 9.59 Å². The average molecular weight is 299 g/mol. The first-order valence-corrected chi connectivity index (χ1v) is 7.73. The van der Waals surface area contributed by atoms with Gasteiger partial charge in [0.25, 0.3) is 0 Å². The fraction of sp³-hybridized carbons (Fsp3) is 0.867. The Morgan fingerprint density at radius 3 is 2.57 bits per heavy atom. The number of nitrogens with one attached hydrogen (secondary N) is 1. The van der Waals surface area contributed by atoms with Gasteiger partial charge < -0.3 is 20.7 Å². The molecule has 2 atom stereocenters. The smallest absolute Gasteiger partial charge is 0.242 e. The summed E-state index contributed by atoms with van der Waals surface area (Å²) in [5.41, 5.74) is 5.76. The van der Waals surface area contributed by atoms with Crippen LogP contribution in [-0.2, 0) is 14.3 Å². The third-order valence-electron chi connectivity index (χ3n) is 3.73. The highest BCUT2D eigenvalue weighted by atomic mass is 16.5. The minimum Gasteiger partial charge on any atom is -0.377 e. The molecule has 2 amide bonds. The van der Waals surface area contributed by atoms with E-state index in [-0.39, 0.29) is 30.3 Å². The quantitative estimate of drug-likeness (QED) is 0.741. The molecule has 0 saturated carbocycles. The third-order valence-corrected chi connectivity index (χ3v) is 3.73. The largest absolute Gasteiger partial charge is 0.377 e. The molecular weight excluding hydrogens is 270 g/mol. The molecule has 1 unspecified atom stereocenters. The normalized spacial score (nSPS) is 20.7. The first-order valence-electron chi connectivity index (χ1n) is 7.73. The van der Waals surface area contributed by atoms with Crippen LogP contribution in [0.2, 0.25) is 0 Å². The minimum absolute atomic E-state index is 0.00779. The number of carbonyl (C=O) groups excluding carboxylic acids is 2. The van der Waals surface area contributed by atoms with E-state index in [4.69, 9.17) is 10.5 Å². The van der Waals surface area contributed by atoms with Crippen LogP contribution in [0.4, 0.5) is 0 Å². The molecule has 0 aliphatic carbocycles. The topological polar surface area (TPSA) is 84.7 Å². The maximum Gasteiger partial charge on any atom is 0.242 e. The Morgan fingerprint density at radius 1 is 1.33 bits per heavy atom. The Kier molecular flexibility index (Phi) is 7.11. The highest BCUT2D eigenvalue weighted by Gasteiger charge is 2.28. The molecule has 3 N–H and O–H groups in total. The van der Waals surface area contributed by atoms with Crippen molar-refractivity contribution >= 4 is 11.8 Å². The van der Waals surface area contributed by atoms with Crippen molar-refractivity contribution in [3.8, 4) is 0 Å². The maximum absolute atomic E-state index is 12.3. The highest BCUT2D eigenvalue weighted by molar-refractivity contribution is 5.87. The van der Waals surface area contributed by atoms with Crippen LogP contribution in [0.15, 0.2) is 0 Å². The summed E-state index contributed by atoms with van der Waals surface area (Å²) in [6.07, 6.45) is 0.908. The van der Waals surface area contributed by atoms with Gasteiger partial charge in [0.1, 0.15) is 0 Å². The van der Waals surface area contributed by atoms with Crippen LogP contribution in [0.1, 0.15) is 34.1 Å². The summed E-state index contributed by atoms with van der Waals surface area (Å²) in [4.78, 5) is 25.9. The zero-order valence-electron chi connectivity index (χ0n) is 13.6. The van der Waals surface area contributed by atoms with Crippen molar-refractivity contribution in [2.24, 2.45) is 17.6 Å². The minimum atomic E-state index is -0.575. The zero-order chi connectivity index (χ0) is 16.0. The van der Waals surface area contributed by atoms with Gasteiger partial charge >= 0.3 is 0 Å². The van der Waals surface area contributed by atoms with Gasteiger partial charge in [-0.05, 0) is 18.3 Å². The first-order chi connectivity index (χ1) is 9.82. The van der Waals surface area contributed by atoms with Crippen molar-refractivity contribution in [3.05, 3.63) is 0 Å². The third kappa shape index (κ3) is 5.63. The van der Waals surface area contributed by atoms with E-state index < -0.39 is 6.04 Å². The molecule has 1 aliphatic rings. The van der Waals surface area contributed by atoms with Gasteiger partial charge in [-0.25, -0.2) is 0 Å². The van der Waals surface area contributed by atoms with Crippen molar-refractivity contribution in [1.82, 2.24) is 10.2 Å². The molecule has 1 aliphatic heterocycles. The number of nitrogens with two attached hydrogens (primary N) is 1. The Balaban J connectivity index is 2.50. The number of nitrogens with zero attached hydrogens (tertiary/aromatic N) is 1. The molecule has 0 aromatic rings. The number of hydrogen-bond acceptors (Lipinski definition) is 4. The standard InChI is InChI=1S/C15H29N3O3/c1-10(2)7-12-9-21-6-5-18(12)13(19)8-17-15(20)14(16)11(3)4/h10-12,14H,5-9,16H2,1-4H3,(H,17,20)/t12?,14-/m0/s1. The van der Waals surface area contributed by atoms with Crippen LogP contribution < -0.4 is 11.1 Å². The molecular formula is C15H29N3O3. The van der Waals surface area contributed by atoms with Gasteiger partial charge in [-0.15, -0.1) is 0 Å². The second-order valence-electron chi connectivity index (χ2n) is 6.43. The zero-order valence-corrected chi connectivity index (χ0v) is 13.6. The molecule has 0 bridgehead atoms. The summed E-state index contributed by atoms with van der Waals surface area (Å²) < 4.78 is 5.46. The molecule has 122 valence electrons. The number of hydrogen-bond donors (Lipinski definition) is 2. The van der Waals surface area contributed by atoms with E-state index in [0.717, 1.165) is 6.42 Å². The molecule has 21 heavy (non-hydrogen) atoms. The summed E-state index contributed by atoms with van der Waals surface area (Å²) >= 11 is 0. The predicted octanol–water partition coefficient (Wildman–Crippen LogP) is 0.359. The van der Waals surface area contributed by atoms with Crippen LogP contribution in [0.3, 0.4) is 0 Å². The Bertz CT molecular complexity index is 358. The first kappa shape index (κ1) is 17.9. The van der Waals surface area contributed by atoms with Gasteiger partial charge in [0.2, 0.25) is 11.8 Å². The molecule has 6 nitrogen and oxygen atoms in total. The number of morpholine rings is 1. The predicted molar refractivity (Wildman–Crippen MR) is 81.6 cm³/mol. The van der Waals surface area contributed by atoms with Gasteiger partial charge in [0, 0.05) is 6.54 Å². The van der Waals surface area contributed by atoms with Gasteiger partial charge in [0.15, 0.2) is 0 Å². The molecule has 6 heteroatoms. The molecule has 0 spiro atoms. The van der Waals surface area contributed by atoms with Crippen molar-refractivity contribution in [2.45, 2.75) is 46.2 Å². The van der Waals surface area contributed by atoms with Crippen LogP contribution in [0.25, 0.3) is 0 Å². The molecule has 1 heterocycles. The van der Waals surface area contributed by atoms with E-state index in [2.05, 4.69) is 19.2 Å². The number of ether oxygens (including phenoxy) is 1. The van der Waals surface area contributed by atoms with Gasteiger partial charge in [0.05, 0.1) is 31.8 Å². The van der Waals surface area contributed by atoms with Gasteiger partial charge in [-0.2, -0.15) is 0 Å². The van der Waals surface area contributed by atoms with Crippen LogP contribution >= 0.6 is 0 Å². The van der Waals surface area contributed by atoms with Crippen LogP contribution in [-0.4, -0.2) is 55.1 Å². The molecule has 1 rings (SSSR count). The monoisotopic (exact) mass is 299 g/mol. The number of carbonyl (C=O) groups is 2. The van der Waals surface area contributed by atoms with E-state index in [1.807, 2.05) is 18.7 Å². The van der Waals surface area contributed by atoms with Crippen LogP contribution in [0, 0.1) is 11.8 Å². The number of rotatable bonds is 6. The van der Waals surface area contributed by atoms with E-state index in [1.54, 1.807) is 0 Å². The average Bonchev–Trinajstić information content (AvgIpc) is 2.43. The highest BCUT2D eigenvalue weighted by Crippen LogP contribution is 2.15.